The van der Waals surface area contributed by atoms with E-state index in [4.69, 9.17) is 5.11 Å². The first-order chi connectivity index (χ1) is 8.63. The maximum Gasteiger partial charge on any atom is 0.248 e. The summed E-state index contributed by atoms with van der Waals surface area (Å²) in [6, 6.07) is 0.381. The molecule has 1 aromatic heterocycles. The number of aliphatic hydroxyl groups excluding tert-OH is 1. The molecule has 0 spiro atoms. The van der Waals surface area contributed by atoms with Crippen LogP contribution in [0.5, 0.6) is 0 Å². The highest BCUT2D eigenvalue weighted by molar-refractivity contribution is 5.77. The van der Waals surface area contributed by atoms with E-state index >= 15 is 0 Å². The fourth-order valence-corrected chi connectivity index (χ4v) is 2.59. The zero-order valence-corrected chi connectivity index (χ0v) is 11.0. The van der Waals surface area contributed by atoms with Gasteiger partial charge in [0.1, 0.15) is 12.4 Å². The summed E-state index contributed by atoms with van der Waals surface area (Å²) in [6.07, 6.45) is 5.84. The van der Waals surface area contributed by atoms with Crippen LogP contribution in [0.15, 0.2) is 12.4 Å². The first-order valence-electron chi connectivity index (χ1n) is 6.54. The molecule has 1 amide bonds. The molecular weight excluding hydrogens is 230 g/mol. The molecule has 1 unspecified atom stereocenters. The van der Waals surface area contributed by atoms with Crippen LogP contribution in [0.4, 0.5) is 0 Å². The summed E-state index contributed by atoms with van der Waals surface area (Å²) in [5.41, 5.74) is 0. The molecule has 5 nitrogen and oxygen atoms in total. The average molecular weight is 251 g/mol. The van der Waals surface area contributed by atoms with Gasteiger partial charge in [-0.2, -0.15) is 0 Å². The molecule has 1 aliphatic rings. The molecule has 2 rings (SSSR count). The molecular formula is C13H21N3O2. The third-order valence-corrected chi connectivity index (χ3v) is 3.53. The van der Waals surface area contributed by atoms with E-state index in [0.717, 1.165) is 25.2 Å². The maximum absolute atomic E-state index is 11.5. The second-order valence-electron chi connectivity index (χ2n) is 5.12. The van der Waals surface area contributed by atoms with Crippen molar-refractivity contribution in [2.45, 2.75) is 38.6 Å². The predicted octanol–water partition coefficient (Wildman–Crippen LogP) is 1.16. The van der Waals surface area contributed by atoms with Gasteiger partial charge in [-0.3, -0.25) is 4.79 Å². The molecule has 1 N–H and O–H groups in total. The summed E-state index contributed by atoms with van der Waals surface area (Å²) < 4.78 is 2.16. The SMILES string of the molecule is CC(C)n1ccnc1C1CCCN(C(=O)CO)C1. The van der Waals surface area contributed by atoms with Crippen molar-refractivity contribution < 1.29 is 9.90 Å². The molecule has 1 saturated heterocycles. The largest absolute Gasteiger partial charge is 0.387 e. The van der Waals surface area contributed by atoms with Gasteiger partial charge in [0.25, 0.3) is 0 Å². The Morgan fingerprint density at radius 3 is 3.06 bits per heavy atom. The molecule has 100 valence electrons. The smallest absolute Gasteiger partial charge is 0.248 e. The van der Waals surface area contributed by atoms with Gasteiger partial charge in [-0.25, -0.2) is 4.98 Å². The Labute approximate surface area is 107 Å². The molecule has 1 aromatic rings. The van der Waals surface area contributed by atoms with Crippen molar-refractivity contribution in [1.82, 2.24) is 14.5 Å². The van der Waals surface area contributed by atoms with E-state index in [1.54, 1.807) is 4.90 Å². The van der Waals surface area contributed by atoms with Crippen LogP contribution in [0.1, 0.15) is 44.5 Å². The van der Waals surface area contributed by atoms with Crippen LogP contribution < -0.4 is 0 Å². The number of piperidine rings is 1. The molecule has 1 fully saturated rings. The lowest BCUT2D eigenvalue weighted by Crippen LogP contribution is -2.41. The molecule has 18 heavy (non-hydrogen) atoms. The Hall–Kier alpha value is -1.36. The van der Waals surface area contributed by atoms with Crippen molar-refractivity contribution in [3.63, 3.8) is 0 Å². The second kappa shape index (κ2) is 5.52. The lowest BCUT2D eigenvalue weighted by atomic mass is 9.97. The topological polar surface area (TPSA) is 58.4 Å². The molecule has 0 aromatic carbocycles. The quantitative estimate of drug-likeness (QED) is 0.877. The van der Waals surface area contributed by atoms with Gasteiger partial charge < -0.3 is 14.6 Å². The van der Waals surface area contributed by atoms with E-state index in [9.17, 15) is 4.79 Å². The molecule has 0 bridgehead atoms. The predicted molar refractivity (Wildman–Crippen MR) is 68.3 cm³/mol. The third-order valence-electron chi connectivity index (χ3n) is 3.53. The van der Waals surface area contributed by atoms with E-state index in [0.29, 0.717) is 12.6 Å². The van der Waals surface area contributed by atoms with Crippen molar-refractivity contribution >= 4 is 5.91 Å². The highest BCUT2D eigenvalue weighted by Crippen LogP contribution is 2.27. The van der Waals surface area contributed by atoms with Crippen molar-refractivity contribution in [3.8, 4) is 0 Å². The monoisotopic (exact) mass is 251 g/mol. The Morgan fingerprint density at radius 1 is 1.61 bits per heavy atom. The van der Waals surface area contributed by atoms with Crippen LogP contribution in [0, 0.1) is 0 Å². The number of amides is 1. The van der Waals surface area contributed by atoms with E-state index in [-0.39, 0.29) is 11.8 Å². The van der Waals surface area contributed by atoms with Crippen molar-refractivity contribution in [3.05, 3.63) is 18.2 Å². The van der Waals surface area contributed by atoms with Gasteiger partial charge >= 0.3 is 0 Å². The van der Waals surface area contributed by atoms with Crippen LogP contribution in [0.3, 0.4) is 0 Å². The van der Waals surface area contributed by atoms with Crippen LogP contribution in [-0.2, 0) is 4.79 Å². The number of aliphatic hydroxyl groups is 1. The number of imidazole rings is 1. The van der Waals surface area contributed by atoms with E-state index in [2.05, 4.69) is 23.4 Å². The Morgan fingerprint density at radius 2 is 2.39 bits per heavy atom. The summed E-state index contributed by atoms with van der Waals surface area (Å²) in [5, 5.41) is 8.93. The highest BCUT2D eigenvalue weighted by atomic mass is 16.3. The summed E-state index contributed by atoms with van der Waals surface area (Å²) in [4.78, 5) is 17.7. The van der Waals surface area contributed by atoms with Crippen LogP contribution in [0.25, 0.3) is 0 Å². The molecule has 0 aliphatic carbocycles. The van der Waals surface area contributed by atoms with E-state index in [1.165, 1.54) is 0 Å². The van der Waals surface area contributed by atoms with Gasteiger partial charge in [0.2, 0.25) is 5.91 Å². The molecule has 1 aliphatic heterocycles. The van der Waals surface area contributed by atoms with Gasteiger partial charge in [0.05, 0.1) is 0 Å². The number of carbonyl (C=O) groups is 1. The first kappa shape index (κ1) is 13.1. The number of hydrogen-bond acceptors (Lipinski definition) is 3. The standard InChI is InChI=1S/C13H21N3O2/c1-10(2)16-7-5-14-13(16)11-4-3-6-15(8-11)12(18)9-17/h5,7,10-11,17H,3-4,6,8-9H2,1-2H3. The summed E-state index contributed by atoms with van der Waals surface area (Å²) in [7, 11) is 0. The fraction of sp³-hybridized carbons (Fsp3) is 0.692. The van der Waals surface area contributed by atoms with Crippen LogP contribution in [0.2, 0.25) is 0 Å². The normalized spacial score (nSPS) is 20.4. The number of hydrogen-bond donors (Lipinski definition) is 1. The first-order valence-corrected chi connectivity index (χ1v) is 6.54. The number of carbonyl (C=O) groups excluding carboxylic acids is 1. The molecule has 5 heteroatoms. The fourth-order valence-electron chi connectivity index (χ4n) is 2.59. The molecule has 0 radical (unpaired) electrons. The van der Waals surface area contributed by atoms with Crippen molar-refractivity contribution in [2.75, 3.05) is 19.7 Å². The zero-order chi connectivity index (χ0) is 13.1. The van der Waals surface area contributed by atoms with Crippen LogP contribution >= 0.6 is 0 Å². The lowest BCUT2D eigenvalue weighted by molar-refractivity contribution is -0.135. The third kappa shape index (κ3) is 2.56. The van der Waals surface area contributed by atoms with Gasteiger partial charge in [0, 0.05) is 37.4 Å². The number of nitrogens with zero attached hydrogens (tertiary/aromatic N) is 3. The second-order valence-corrected chi connectivity index (χ2v) is 5.12. The van der Waals surface area contributed by atoms with Gasteiger partial charge in [-0.1, -0.05) is 0 Å². The van der Waals surface area contributed by atoms with Crippen molar-refractivity contribution in [2.24, 2.45) is 0 Å². The van der Waals surface area contributed by atoms with Gasteiger partial charge in [-0.15, -0.1) is 0 Å². The minimum absolute atomic E-state index is 0.178. The maximum atomic E-state index is 11.5. The summed E-state index contributed by atoms with van der Waals surface area (Å²) in [5.74, 6) is 1.16. The average Bonchev–Trinajstić information content (AvgIpc) is 2.87. The van der Waals surface area contributed by atoms with E-state index < -0.39 is 6.61 Å². The molecule has 2 heterocycles. The zero-order valence-electron chi connectivity index (χ0n) is 11.0. The summed E-state index contributed by atoms with van der Waals surface area (Å²) in [6.45, 7) is 5.28. The van der Waals surface area contributed by atoms with Gasteiger partial charge in [0.15, 0.2) is 0 Å². The number of aromatic nitrogens is 2. The highest BCUT2D eigenvalue weighted by Gasteiger charge is 2.27. The van der Waals surface area contributed by atoms with Crippen LogP contribution in [-0.4, -0.2) is 45.2 Å². The number of rotatable bonds is 3. The lowest BCUT2D eigenvalue weighted by Gasteiger charge is -2.32. The number of likely N-dealkylation sites (tertiary alicyclic amines) is 1. The van der Waals surface area contributed by atoms with E-state index in [1.807, 2.05) is 12.4 Å². The summed E-state index contributed by atoms with van der Waals surface area (Å²) >= 11 is 0. The Balaban J connectivity index is 2.13. The van der Waals surface area contributed by atoms with Crippen molar-refractivity contribution in [1.29, 1.82) is 0 Å². The Bertz CT molecular complexity index is 414. The van der Waals surface area contributed by atoms with Gasteiger partial charge in [-0.05, 0) is 26.7 Å². The molecule has 1 atom stereocenters. The molecule has 0 saturated carbocycles. The minimum atomic E-state index is -0.397. The Kier molecular flexibility index (Phi) is 4.01. The minimum Gasteiger partial charge on any atom is -0.387 e.